The van der Waals surface area contributed by atoms with E-state index in [4.69, 9.17) is 11.6 Å². The molecule has 0 N–H and O–H groups in total. The standard InChI is InChI=1S/C17H17ClFNOS/c1-20(11-12-6-8-13(22-2)9-7-12)17(21)10-14-15(18)4-3-5-16(14)19/h3-9H,10-11H2,1-2H3. The van der Waals surface area contributed by atoms with Crippen LogP contribution in [0.1, 0.15) is 11.1 Å². The molecule has 0 atom stereocenters. The van der Waals surface area contributed by atoms with Gasteiger partial charge in [0, 0.05) is 29.1 Å². The van der Waals surface area contributed by atoms with Crippen LogP contribution in [0, 0.1) is 5.82 Å². The first-order chi connectivity index (χ1) is 10.5. The van der Waals surface area contributed by atoms with Gasteiger partial charge in [-0.15, -0.1) is 11.8 Å². The van der Waals surface area contributed by atoms with Crippen LogP contribution in [-0.2, 0) is 17.8 Å². The van der Waals surface area contributed by atoms with E-state index in [9.17, 15) is 9.18 Å². The van der Waals surface area contributed by atoms with Crippen molar-refractivity contribution in [3.05, 3.63) is 64.4 Å². The maximum Gasteiger partial charge on any atom is 0.227 e. The van der Waals surface area contributed by atoms with E-state index in [1.165, 1.54) is 17.0 Å². The third-order valence-corrected chi connectivity index (χ3v) is 4.49. The molecule has 22 heavy (non-hydrogen) atoms. The highest BCUT2D eigenvalue weighted by atomic mass is 35.5. The SMILES string of the molecule is CSc1ccc(CN(C)C(=O)Cc2c(F)cccc2Cl)cc1. The Balaban J connectivity index is 2.02. The number of benzene rings is 2. The second-order valence-corrected chi connectivity index (χ2v) is 6.26. The zero-order valence-electron chi connectivity index (χ0n) is 12.5. The minimum absolute atomic E-state index is 0.0368. The number of halogens is 2. The molecular formula is C17H17ClFNOS. The zero-order valence-corrected chi connectivity index (χ0v) is 14.0. The fourth-order valence-electron chi connectivity index (χ4n) is 2.08. The first-order valence-corrected chi connectivity index (χ1v) is 8.41. The lowest BCUT2D eigenvalue weighted by atomic mass is 10.1. The van der Waals surface area contributed by atoms with Gasteiger partial charge < -0.3 is 4.90 Å². The lowest BCUT2D eigenvalue weighted by Crippen LogP contribution is -2.28. The first kappa shape index (κ1) is 16.8. The summed E-state index contributed by atoms with van der Waals surface area (Å²) in [4.78, 5) is 15.0. The van der Waals surface area contributed by atoms with Crippen molar-refractivity contribution in [2.24, 2.45) is 0 Å². The molecule has 0 bridgehead atoms. The molecule has 2 aromatic carbocycles. The quantitative estimate of drug-likeness (QED) is 0.754. The van der Waals surface area contributed by atoms with Gasteiger partial charge in [0.2, 0.25) is 5.91 Å². The Morgan fingerprint density at radius 3 is 2.50 bits per heavy atom. The predicted molar refractivity (Wildman–Crippen MR) is 89.8 cm³/mol. The molecule has 2 aromatic rings. The average Bonchev–Trinajstić information content (AvgIpc) is 2.51. The third-order valence-electron chi connectivity index (χ3n) is 3.39. The van der Waals surface area contributed by atoms with Gasteiger partial charge in [0.1, 0.15) is 5.82 Å². The first-order valence-electron chi connectivity index (χ1n) is 6.81. The summed E-state index contributed by atoms with van der Waals surface area (Å²) in [5.41, 5.74) is 1.28. The third kappa shape index (κ3) is 4.24. The average molecular weight is 338 g/mol. The van der Waals surface area contributed by atoms with Gasteiger partial charge in [-0.25, -0.2) is 4.39 Å². The molecule has 0 aliphatic carbocycles. The summed E-state index contributed by atoms with van der Waals surface area (Å²) in [6.07, 6.45) is 1.98. The van der Waals surface area contributed by atoms with Crippen LogP contribution in [0.15, 0.2) is 47.4 Å². The van der Waals surface area contributed by atoms with Gasteiger partial charge in [0.05, 0.1) is 6.42 Å². The van der Waals surface area contributed by atoms with Gasteiger partial charge in [0.25, 0.3) is 0 Å². The second kappa shape index (κ2) is 7.65. The number of thioether (sulfide) groups is 1. The summed E-state index contributed by atoms with van der Waals surface area (Å²) < 4.78 is 13.7. The lowest BCUT2D eigenvalue weighted by molar-refractivity contribution is -0.129. The van der Waals surface area contributed by atoms with Crippen molar-refractivity contribution in [2.75, 3.05) is 13.3 Å². The van der Waals surface area contributed by atoms with Crippen LogP contribution in [0.4, 0.5) is 4.39 Å². The van der Waals surface area contributed by atoms with E-state index in [1.807, 2.05) is 30.5 Å². The van der Waals surface area contributed by atoms with Gasteiger partial charge in [-0.2, -0.15) is 0 Å². The summed E-state index contributed by atoms with van der Waals surface area (Å²) in [5, 5.41) is 0.283. The predicted octanol–water partition coefficient (Wildman–Crippen LogP) is 4.40. The fraction of sp³-hybridized carbons (Fsp3) is 0.235. The number of carbonyl (C=O) groups is 1. The van der Waals surface area contributed by atoms with Gasteiger partial charge in [0.15, 0.2) is 0 Å². The number of rotatable bonds is 5. The van der Waals surface area contributed by atoms with Crippen molar-refractivity contribution in [3.8, 4) is 0 Å². The monoisotopic (exact) mass is 337 g/mol. The molecule has 0 saturated carbocycles. The Labute approximate surface area is 139 Å². The summed E-state index contributed by atoms with van der Waals surface area (Å²) >= 11 is 7.63. The lowest BCUT2D eigenvalue weighted by Gasteiger charge is -2.18. The highest BCUT2D eigenvalue weighted by Gasteiger charge is 2.15. The van der Waals surface area contributed by atoms with Gasteiger partial charge in [-0.3, -0.25) is 4.79 Å². The smallest absolute Gasteiger partial charge is 0.227 e. The number of carbonyl (C=O) groups excluding carboxylic acids is 1. The van der Waals surface area contributed by atoms with Crippen molar-refractivity contribution in [1.29, 1.82) is 0 Å². The van der Waals surface area contributed by atoms with Gasteiger partial charge in [-0.1, -0.05) is 29.8 Å². The largest absolute Gasteiger partial charge is 0.341 e. The number of likely N-dealkylation sites (N-methyl/N-ethyl adjacent to an activating group) is 1. The topological polar surface area (TPSA) is 20.3 Å². The molecule has 1 amide bonds. The molecule has 0 aliphatic heterocycles. The molecule has 0 heterocycles. The van der Waals surface area contributed by atoms with E-state index in [0.717, 1.165) is 5.56 Å². The van der Waals surface area contributed by atoms with Crippen LogP contribution in [-0.4, -0.2) is 24.1 Å². The molecule has 0 radical (unpaired) electrons. The van der Waals surface area contributed by atoms with E-state index < -0.39 is 5.82 Å². The molecule has 116 valence electrons. The molecule has 0 spiro atoms. The maximum atomic E-state index is 13.7. The number of hydrogen-bond donors (Lipinski definition) is 0. The molecular weight excluding hydrogens is 321 g/mol. The van der Waals surface area contributed by atoms with Crippen LogP contribution >= 0.6 is 23.4 Å². The van der Waals surface area contributed by atoms with Gasteiger partial charge in [-0.05, 0) is 36.1 Å². The molecule has 2 nitrogen and oxygen atoms in total. The van der Waals surface area contributed by atoms with Crippen LogP contribution in [0.5, 0.6) is 0 Å². The molecule has 0 aromatic heterocycles. The summed E-state index contributed by atoms with van der Waals surface area (Å²) in [6.45, 7) is 0.486. The molecule has 5 heteroatoms. The van der Waals surface area contributed by atoms with Crippen molar-refractivity contribution >= 4 is 29.3 Å². The Bertz CT molecular complexity index is 640. The number of hydrogen-bond acceptors (Lipinski definition) is 2. The minimum Gasteiger partial charge on any atom is -0.341 e. The Hall–Kier alpha value is -1.52. The van der Waals surface area contributed by atoms with Crippen LogP contribution in [0.2, 0.25) is 5.02 Å². The highest BCUT2D eigenvalue weighted by molar-refractivity contribution is 7.98. The molecule has 0 unspecified atom stereocenters. The van der Waals surface area contributed by atoms with Crippen molar-refractivity contribution in [2.45, 2.75) is 17.9 Å². The van der Waals surface area contributed by atoms with E-state index >= 15 is 0 Å². The number of nitrogens with zero attached hydrogens (tertiary/aromatic N) is 1. The summed E-state index contributed by atoms with van der Waals surface area (Å²) in [6, 6.07) is 12.5. The molecule has 2 rings (SSSR count). The number of amides is 1. The molecule has 0 aliphatic rings. The normalized spacial score (nSPS) is 10.5. The Morgan fingerprint density at radius 1 is 1.23 bits per heavy atom. The van der Waals surface area contributed by atoms with Crippen molar-refractivity contribution in [1.82, 2.24) is 4.90 Å². The fourth-order valence-corrected chi connectivity index (χ4v) is 2.72. The second-order valence-electron chi connectivity index (χ2n) is 4.97. The van der Waals surface area contributed by atoms with Crippen LogP contribution in [0.25, 0.3) is 0 Å². The van der Waals surface area contributed by atoms with Crippen LogP contribution < -0.4 is 0 Å². The maximum absolute atomic E-state index is 13.7. The zero-order chi connectivity index (χ0) is 16.1. The Kier molecular flexibility index (Phi) is 5.86. The van der Waals surface area contributed by atoms with Crippen LogP contribution in [0.3, 0.4) is 0 Å². The van der Waals surface area contributed by atoms with E-state index in [0.29, 0.717) is 6.54 Å². The summed E-state index contributed by atoms with van der Waals surface area (Å²) in [5.74, 6) is -0.612. The van der Waals surface area contributed by atoms with Crippen molar-refractivity contribution < 1.29 is 9.18 Å². The summed E-state index contributed by atoms with van der Waals surface area (Å²) in [7, 11) is 1.71. The minimum atomic E-state index is -0.446. The van der Waals surface area contributed by atoms with Gasteiger partial charge >= 0.3 is 0 Å². The van der Waals surface area contributed by atoms with E-state index in [2.05, 4.69) is 0 Å². The highest BCUT2D eigenvalue weighted by Crippen LogP contribution is 2.20. The van der Waals surface area contributed by atoms with E-state index in [-0.39, 0.29) is 22.9 Å². The van der Waals surface area contributed by atoms with Crippen molar-refractivity contribution in [3.63, 3.8) is 0 Å². The Morgan fingerprint density at radius 2 is 1.91 bits per heavy atom. The molecule has 0 fully saturated rings. The van der Waals surface area contributed by atoms with E-state index in [1.54, 1.807) is 29.8 Å². The molecule has 0 saturated heterocycles.